The smallest absolute Gasteiger partial charge is 0.146 e. The molecule has 3 N–H and O–H groups in total. The first-order valence-electron chi connectivity index (χ1n) is 6.32. The van der Waals surface area contributed by atoms with Crippen LogP contribution in [0.3, 0.4) is 0 Å². The Bertz CT molecular complexity index is 542. The Morgan fingerprint density at radius 1 is 1.37 bits per heavy atom. The molecule has 1 atom stereocenters. The monoisotopic (exact) mass is 259 g/mol. The van der Waals surface area contributed by atoms with Gasteiger partial charge in [0, 0.05) is 17.8 Å². The van der Waals surface area contributed by atoms with Crippen LogP contribution >= 0.6 is 0 Å². The molecule has 0 radical (unpaired) electrons. The van der Waals surface area contributed by atoms with E-state index in [1.165, 1.54) is 17.3 Å². The number of halogens is 1. The third-order valence-corrected chi connectivity index (χ3v) is 3.18. The molecule has 1 aromatic carbocycles. The van der Waals surface area contributed by atoms with Gasteiger partial charge in [-0.2, -0.15) is 0 Å². The summed E-state index contributed by atoms with van der Waals surface area (Å²) in [5.74, 6) is 5.21. The van der Waals surface area contributed by atoms with Gasteiger partial charge < -0.3 is 0 Å². The first kappa shape index (κ1) is 13.6. The van der Waals surface area contributed by atoms with Gasteiger partial charge in [0.25, 0.3) is 0 Å². The summed E-state index contributed by atoms with van der Waals surface area (Å²) in [6, 6.07) is 9.76. The Kier molecular flexibility index (Phi) is 4.60. The van der Waals surface area contributed by atoms with E-state index in [-0.39, 0.29) is 11.9 Å². The second-order valence-corrected chi connectivity index (χ2v) is 4.64. The van der Waals surface area contributed by atoms with E-state index in [1.807, 2.05) is 6.07 Å². The molecule has 2 aromatic rings. The highest BCUT2D eigenvalue weighted by Crippen LogP contribution is 2.20. The molecule has 1 aromatic heterocycles. The zero-order chi connectivity index (χ0) is 13.7. The standard InChI is InChI=1S/C15H18FN3/c1-11-3-2-4-12(9-11)5-6-15(19-17)13-7-8-18-10-14(13)16/h2-4,7-10,15,19H,5-6,17H2,1H3. The number of aryl methyl sites for hydroxylation is 2. The van der Waals surface area contributed by atoms with E-state index in [1.54, 1.807) is 12.3 Å². The van der Waals surface area contributed by atoms with Crippen molar-refractivity contribution in [2.75, 3.05) is 0 Å². The number of nitrogens with one attached hydrogen (secondary N) is 1. The second kappa shape index (κ2) is 6.41. The van der Waals surface area contributed by atoms with E-state index in [2.05, 4.69) is 35.5 Å². The topological polar surface area (TPSA) is 50.9 Å². The van der Waals surface area contributed by atoms with Crippen LogP contribution < -0.4 is 11.3 Å². The molecule has 0 saturated heterocycles. The number of hydrogen-bond donors (Lipinski definition) is 2. The minimum Gasteiger partial charge on any atom is -0.271 e. The fourth-order valence-electron chi connectivity index (χ4n) is 2.18. The quantitative estimate of drug-likeness (QED) is 0.641. The maximum Gasteiger partial charge on any atom is 0.146 e. The van der Waals surface area contributed by atoms with Crippen LogP contribution in [-0.2, 0) is 6.42 Å². The highest BCUT2D eigenvalue weighted by atomic mass is 19.1. The maximum absolute atomic E-state index is 13.7. The molecule has 1 heterocycles. The number of nitrogens with two attached hydrogens (primary N) is 1. The number of aromatic nitrogens is 1. The Morgan fingerprint density at radius 3 is 2.89 bits per heavy atom. The predicted octanol–water partition coefficient (Wildman–Crippen LogP) is 2.67. The molecule has 19 heavy (non-hydrogen) atoms. The van der Waals surface area contributed by atoms with Crippen molar-refractivity contribution in [1.82, 2.24) is 10.4 Å². The van der Waals surface area contributed by atoms with Gasteiger partial charge in [-0.3, -0.25) is 16.3 Å². The van der Waals surface area contributed by atoms with Crippen molar-refractivity contribution in [2.24, 2.45) is 5.84 Å². The largest absolute Gasteiger partial charge is 0.271 e. The third kappa shape index (κ3) is 3.59. The lowest BCUT2D eigenvalue weighted by atomic mass is 9.99. The lowest BCUT2D eigenvalue weighted by molar-refractivity contribution is 0.483. The molecule has 0 aliphatic carbocycles. The average molecular weight is 259 g/mol. The van der Waals surface area contributed by atoms with Crippen LogP contribution in [0.1, 0.15) is 29.2 Å². The Balaban J connectivity index is 2.06. The molecule has 0 saturated carbocycles. The molecule has 0 fully saturated rings. The first-order chi connectivity index (χ1) is 9.20. The summed E-state index contributed by atoms with van der Waals surface area (Å²) in [6.45, 7) is 2.06. The summed E-state index contributed by atoms with van der Waals surface area (Å²) in [5.41, 5.74) is 5.69. The molecule has 1 unspecified atom stereocenters. The highest BCUT2D eigenvalue weighted by molar-refractivity contribution is 5.23. The molecular formula is C15H18FN3. The van der Waals surface area contributed by atoms with E-state index < -0.39 is 0 Å². The molecule has 0 aliphatic heterocycles. The van der Waals surface area contributed by atoms with Crippen molar-refractivity contribution in [3.8, 4) is 0 Å². The van der Waals surface area contributed by atoms with Crippen molar-refractivity contribution in [1.29, 1.82) is 0 Å². The number of benzene rings is 1. The molecule has 0 amide bonds. The Labute approximate surface area is 112 Å². The van der Waals surface area contributed by atoms with Crippen LogP contribution in [0.4, 0.5) is 4.39 Å². The average Bonchev–Trinajstić information content (AvgIpc) is 2.41. The van der Waals surface area contributed by atoms with Crippen molar-refractivity contribution in [3.63, 3.8) is 0 Å². The summed E-state index contributed by atoms with van der Waals surface area (Å²) in [4.78, 5) is 3.75. The Hall–Kier alpha value is -1.78. The maximum atomic E-state index is 13.7. The van der Waals surface area contributed by atoms with Crippen LogP contribution in [0.5, 0.6) is 0 Å². The first-order valence-corrected chi connectivity index (χ1v) is 6.32. The van der Waals surface area contributed by atoms with Gasteiger partial charge in [0.05, 0.1) is 6.20 Å². The van der Waals surface area contributed by atoms with E-state index in [4.69, 9.17) is 5.84 Å². The van der Waals surface area contributed by atoms with Crippen LogP contribution in [-0.4, -0.2) is 4.98 Å². The van der Waals surface area contributed by atoms with E-state index in [9.17, 15) is 4.39 Å². The Morgan fingerprint density at radius 2 is 2.21 bits per heavy atom. The molecular weight excluding hydrogens is 241 g/mol. The lowest BCUT2D eigenvalue weighted by Gasteiger charge is -2.16. The minimum absolute atomic E-state index is 0.205. The summed E-state index contributed by atoms with van der Waals surface area (Å²) in [7, 11) is 0. The van der Waals surface area contributed by atoms with Crippen LogP contribution in [0.25, 0.3) is 0 Å². The number of pyridine rings is 1. The fraction of sp³-hybridized carbons (Fsp3) is 0.267. The molecule has 0 spiro atoms. The van der Waals surface area contributed by atoms with Gasteiger partial charge in [-0.15, -0.1) is 0 Å². The molecule has 4 heteroatoms. The van der Waals surface area contributed by atoms with Crippen LogP contribution in [0, 0.1) is 12.7 Å². The van der Waals surface area contributed by atoms with Gasteiger partial charge in [-0.1, -0.05) is 29.8 Å². The van der Waals surface area contributed by atoms with Crippen molar-refractivity contribution >= 4 is 0 Å². The van der Waals surface area contributed by atoms with E-state index in [0.717, 1.165) is 12.8 Å². The number of hydrazine groups is 1. The van der Waals surface area contributed by atoms with E-state index >= 15 is 0 Å². The zero-order valence-electron chi connectivity index (χ0n) is 10.9. The molecule has 0 bridgehead atoms. The minimum atomic E-state index is -0.324. The van der Waals surface area contributed by atoms with Gasteiger partial charge in [-0.25, -0.2) is 4.39 Å². The van der Waals surface area contributed by atoms with Crippen molar-refractivity contribution in [3.05, 3.63) is 65.2 Å². The van der Waals surface area contributed by atoms with Gasteiger partial charge in [0.1, 0.15) is 5.82 Å². The van der Waals surface area contributed by atoms with Crippen molar-refractivity contribution < 1.29 is 4.39 Å². The highest BCUT2D eigenvalue weighted by Gasteiger charge is 2.14. The number of hydrogen-bond acceptors (Lipinski definition) is 3. The molecule has 0 aliphatic rings. The van der Waals surface area contributed by atoms with Crippen molar-refractivity contribution in [2.45, 2.75) is 25.8 Å². The lowest BCUT2D eigenvalue weighted by Crippen LogP contribution is -2.29. The normalized spacial score (nSPS) is 12.4. The summed E-state index contributed by atoms with van der Waals surface area (Å²) in [6.07, 6.45) is 4.38. The summed E-state index contributed by atoms with van der Waals surface area (Å²) < 4.78 is 13.7. The van der Waals surface area contributed by atoms with Gasteiger partial charge in [0.2, 0.25) is 0 Å². The molecule has 100 valence electrons. The van der Waals surface area contributed by atoms with Gasteiger partial charge in [0.15, 0.2) is 0 Å². The van der Waals surface area contributed by atoms with Crippen LogP contribution in [0.15, 0.2) is 42.7 Å². The van der Waals surface area contributed by atoms with E-state index in [0.29, 0.717) is 5.56 Å². The fourth-order valence-corrected chi connectivity index (χ4v) is 2.18. The van der Waals surface area contributed by atoms with Gasteiger partial charge >= 0.3 is 0 Å². The number of rotatable bonds is 5. The molecule has 2 rings (SSSR count). The SMILES string of the molecule is Cc1cccc(CCC(NN)c2ccncc2F)c1. The third-order valence-electron chi connectivity index (χ3n) is 3.18. The predicted molar refractivity (Wildman–Crippen MR) is 73.8 cm³/mol. The summed E-state index contributed by atoms with van der Waals surface area (Å²) >= 11 is 0. The van der Waals surface area contributed by atoms with Crippen LogP contribution in [0.2, 0.25) is 0 Å². The second-order valence-electron chi connectivity index (χ2n) is 4.64. The van der Waals surface area contributed by atoms with Gasteiger partial charge in [-0.05, 0) is 31.4 Å². The zero-order valence-corrected chi connectivity index (χ0v) is 10.9. The number of nitrogens with zero attached hydrogens (tertiary/aromatic N) is 1. The molecule has 3 nitrogen and oxygen atoms in total. The summed E-state index contributed by atoms with van der Waals surface area (Å²) in [5, 5.41) is 0.